The van der Waals surface area contributed by atoms with Gasteiger partial charge < -0.3 is 5.73 Å². The first kappa shape index (κ1) is 11.8. The van der Waals surface area contributed by atoms with Crippen LogP contribution in [0.5, 0.6) is 0 Å². The molecule has 2 N–H and O–H groups in total. The molecule has 0 atom stereocenters. The number of halogens is 1. The molecular weight excluding hydrogens is 290 g/mol. The number of rotatable bonds is 1. The summed E-state index contributed by atoms with van der Waals surface area (Å²) in [5.74, 6) is 0.693. The van der Waals surface area contributed by atoms with E-state index in [1.807, 2.05) is 13.1 Å². The summed E-state index contributed by atoms with van der Waals surface area (Å²) in [5, 5.41) is 4.44. The molecule has 0 saturated carbocycles. The summed E-state index contributed by atoms with van der Waals surface area (Å²) < 4.78 is 2.92. The first-order chi connectivity index (χ1) is 8.65. The zero-order valence-corrected chi connectivity index (χ0v) is 12.0. The maximum absolute atomic E-state index is 5.84. The van der Waals surface area contributed by atoms with Crippen LogP contribution >= 0.6 is 15.9 Å². The molecule has 0 amide bonds. The highest BCUT2D eigenvalue weighted by molar-refractivity contribution is 9.10. The average molecular weight is 306 g/mol. The molecule has 0 saturated heterocycles. The van der Waals surface area contributed by atoms with Crippen molar-refractivity contribution in [3.05, 3.63) is 33.8 Å². The third kappa shape index (κ3) is 1.94. The summed E-state index contributed by atoms with van der Waals surface area (Å²) in [7, 11) is 1.87. The fourth-order valence-corrected chi connectivity index (χ4v) is 3.28. The second kappa shape index (κ2) is 4.43. The van der Waals surface area contributed by atoms with Gasteiger partial charge in [0.15, 0.2) is 0 Å². The molecule has 0 fully saturated rings. The van der Waals surface area contributed by atoms with Crippen molar-refractivity contribution in [1.82, 2.24) is 9.78 Å². The van der Waals surface area contributed by atoms with Crippen molar-refractivity contribution in [2.45, 2.75) is 25.7 Å². The Morgan fingerprint density at radius 2 is 2.00 bits per heavy atom. The van der Waals surface area contributed by atoms with E-state index in [9.17, 15) is 0 Å². The highest BCUT2D eigenvalue weighted by Gasteiger charge is 2.15. The molecule has 2 aromatic rings. The molecule has 1 aromatic carbocycles. The van der Waals surface area contributed by atoms with Crippen LogP contribution in [0.4, 0.5) is 5.82 Å². The Hall–Kier alpha value is -1.29. The molecule has 0 aliphatic heterocycles. The third-order valence-corrected chi connectivity index (χ3v) is 4.33. The molecule has 1 heterocycles. The van der Waals surface area contributed by atoms with Gasteiger partial charge in [0.25, 0.3) is 0 Å². The minimum Gasteiger partial charge on any atom is -0.384 e. The lowest BCUT2D eigenvalue weighted by Gasteiger charge is -2.18. The van der Waals surface area contributed by atoms with Gasteiger partial charge in [0.1, 0.15) is 5.82 Å². The van der Waals surface area contributed by atoms with E-state index in [0.717, 1.165) is 11.3 Å². The van der Waals surface area contributed by atoms with Crippen LogP contribution in [0.1, 0.15) is 24.0 Å². The Balaban J connectivity index is 2.10. The van der Waals surface area contributed by atoms with E-state index < -0.39 is 0 Å². The van der Waals surface area contributed by atoms with Crippen molar-refractivity contribution >= 4 is 21.7 Å². The van der Waals surface area contributed by atoms with Gasteiger partial charge in [-0.2, -0.15) is 5.10 Å². The molecule has 0 spiro atoms. The normalized spacial score (nSPS) is 14.6. The molecule has 1 aliphatic rings. The van der Waals surface area contributed by atoms with Crippen LogP contribution in [0, 0.1) is 0 Å². The van der Waals surface area contributed by atoms with E-state index in [0.29, 0.717) is 5.82 Å². The summed E-state index contributed by atoms with van der Waals surface area (Å²) in [6, 6.07) is 6.35. The lowest BCUT2D eigenvalue weighted by molar-refractivity contribution is 0.683. The highest BCUT2D eigenvalue weighted by atomic mass is 79.9. The maximum Gasteiger partial charge on any atom is 0.121 e. The maximum atomic E-state index is 5.84. The summed E-state index contributed by atoms with van der Waals surface area (Å²) in [6.07, 6.45) is 4.93. The standard InChI is InChI=1S/C14H16BrN3/c1-18-14(16)8-13(17-18)10-6-9-4-2-3-5-11(9)12(15)7-10/h6-8H,2-5,16H2,1H3. The number of fused-ring (bicyclic) bond motifs is 1. The third-order valence-electron chi connectivity index (χ3n) is 3.62. The van der Waals surface area contributed by atoms with Crippen LogP contribution in [0.15, 0.2) is 22.7 Å². The Bertz CT molecular complexity index is 582. The van der Waals surface area contributed by atoms with Crippen molar-refractivity contribution in [2.24, 2.45) is 7.05 Å². The number of anilines is 1. The average Bonchev–Trinajstić information content (AvgIpc) is 2.70. The first-order valence-corrected chi connectivity index (χ1v) is 7.05. The van der Waals surface area contributed by atoms with Crippen LogP contribution in [0.25, 0.3) is 11.3 Å². The molecule has 1 aliphatic carbocycles. The van der Waals surface area contributed by atoms with Gasteiger partial charge in [-0.1, -0.05) is 15.9 Å². The minimum atomic E-state index is 0.693. The summed E-state index contributed by atoms with van der Waals surface area (Å²) in [5.41, 5.74) is 10.9. The highest BCUT2D eigenvalue weighted by Crippen LogP contribution is 2.33. The number of aryl methyl sites for hydroxylation is 2. The van der Waals surface area contributed by atoms with Crippen LogP contribution in [-0.2, 0) is 19.9 Å². The van der Waals surface area contributed by atoms with Crippen LogP contribution in [-0.4, -0.2) is 9.78 Å². The van der Waals surface area contributed by atoms with Gasteiger partial charge in [0.2, 0.25) is 0 Å². The number of hydrogen-bond acceptors (Lipinski definition) is 2. The predicted octanol–water partition coefficient (Wildman–Crippen LogP) is 3.31. The van der Waals surface area contributed by atoms with E-state index in [4.69, 9.17) is 5.73 Å². The van der Waals surface area contributed by atoms with E-state index in [1.165, 1.54) is 41.3 Å². The Labute approximate surface area is 115 Å². The van der Waals surface area contributed by atoms with E-state index in [2.05, 4.69) is 33.2 Å². The second-order valence-electron chi connectivity index (χ2n) is 4.88. The summed E-state index contributed by atoms with van der Waals surface area (Å²) in [6.45, 7) is 0. The molecule has 3 nitrogen and oxygen atoms in total. The van der Waals surface area contributed by atoms with Gasteiger partial charge >= 0.3 is 0 Å². The predicted molar refractivity (Wildman–Crippen MR) is 77.4 cm³/mol. The topological polar surface area (TPSA) is 43.8 Å². The molecule has 0 bridgehead atoms. The number of aromatic nitrogens is 2. The molecule has 18 heavy (non-hydrogen) atoms. The molecule has 0 radical (unpaired) electrons. The Morgan fingerprint density at radius 1 is 1.22 bits per heavy atom. The minimum absolute atomic E-state index is 0.693. The van der Waals surface area contributed by atoms with Gasteiger partial charge in [0.05, 0.1) is 5.69 Å². The quantitative estimate of drug-likeness (QED) is 0.878. The van der Waals surface area contributed by atoms with Crippen molar-refractivity contribution in [3.63, 3.8) is 0 Å². The summed E-state index contributed by atoms with van der Waals surface area (Å²) in [4.78, 5) is 0. The summed E-state index contributed by atoms with van der Waals surface area (Å²) >= 11 is 3.69. The fourth-order valence-electron chi connectivity index (χ4n) is 2.58. The van der Waals surface area contributed by atoms with Gasteiger partial charge in [-0.3, -0.25) is 4.68 Å². The lowest BCUT2D eigenvalue weighted by atomic mass is 9.90. The monoisotopic (exact) mass is 305 g/mol. The number of nitrogens with two attached hydrogens (primary N) is 1. The Morgan fingerprint density at radius 3 is 2.72 bits per heavy atom. The number of benzene rings is 1. The zero-order chi connectivity index (χ0) is 12.7. The van der Waals surface area contributed by atoms with Gasteiger partial charge in [-0.05, 0) is 48.9 Å². The van der Waals surface area contributed by atoms with E-state index in [1.54, 1.807) is 4.68 Å². The second-order valence-corrected chi connectivity index (χ2v) is 5.74. The van der Waals surface area contributed by atoms with Crippen LogP contribution < -0.4 is 5.73 Å². The van der Waals surface area contributed by atoms with Gasteiger partial charge in [0, 0.05) is 23.2 Å². The van der Waals surface area contributed by atoms with E-state index in [-0.39, 0.29) is 0 Å². The lowest BCUT2D eigenvalue weighted by Crippen LogP contribution is -2.04. The smallest absolute Gasteiger partial charge is 0.121 e. The number of nitrogens with zero attached hydrogens (tertiary/aromatic N) is 2. The van der Waals surface area contributed by atoms with Crippen LogP contribution in [0.2, 0.25) is 0 Å². The van der Waals surface area contributed by atoms with Crippen molar-refractivity contribution < 1.29 is 0 Å². The van der Waals surface area contributed by atoms with Crippen LogP contribution in [0.3, 0.4) is 0 Å². The first-order valence-electron chi connectivity index (χ1n) is 6.26. The molecule has 4 heteroatoms. The van der Waals surface area contributed by atoms with Crippen molar-refractivity contribution in [1.29, 1.82) is 0 Å². The van der Waals surface area contributed by atoms with Crippen molar-refractivity contribution in [2.75, 3.05) is 5.73 Å². The zero-order valence-electron chi connectivity index (χ0n) is 10.4. The number of nitrogen functional groups attached to an aromatic ring is 1. The van der Waals surface area contributed by atoms with Gasteiger partial charge in [-0.25, -0.2) is 0 Å². The SMILES string of the molecule is Cn1nc(-c2cc(Br)c3c(c2)CCCC3)cc1N. The molecule has 1 aromatic heterocycles. The van der Waals surface area contributed by atoms with E-state index >= 15 is 0 Å². The fraction of sp³-hybridized carbons (Fsp3) is 0.357. The largest absolute Gasteiger partial charge is 0.384 e. The molecular formula is C14H16BrN3. The number of hydrogen-bond donors (Lipinski definition) is 1. The Kier molecular flexibility index (Phi) is 2.90. The molecule has 0 unspecified atom stereocenters. The van der Waals surface area contributed by atoms with Gasteiger partial charge in [-0.15, -0.1) is 0 Å². The molecule has 3 rings (SSSR count). The van der Waals surface area contributed by atoms with Crippen molar-refractivity contribution in [3.8, 4) is 11.3 Å². The molecule has 94 valence electrons.